The molecule has 0 aromatic heterocycles. The van der Waals surface area contributed by atoms with Crippen molar-refractivity contribution in [2.24, 2.45) is 0 Å². The van der Waals surface area contributed by atoms with Gasteiger partial charge in [-0.05, 0) is 0 Å². The lowest BCUT2D eigenvalue weighted by atomic mass is 10.8. The van der Waals surface area contributed by atoms with E-state index in [0.29, 0.717) is 13.2 Å². The van der Waals surface area contributed by atoms with Crippen LogP contribution in [-0.2, 0) is 9.47 Å². The fourth-order valence-electron chi connectivity index (χ4n) is 0.292. The lowest BCUT2D eigenvalue weighted by Gasteiger charge is -1.78. The highest BCUT2D eigenvalue weighted by Crippen LogP contribution is 1.92. The molecular weight excluding hydrogens is 144 g/mol. The fraction of sp³-hybridized carbons (Fsp3) is 0.500. The number of cyclic esters (lactones) is 2. The zero-order valence-corrected chi connectivity index (χ0v) is 4.94. The van der Waals surface area contributed by atoms with Gasteiger partial charge in [0.15, 0.2) is 0 Å². The van der Waals surface area contributed by atoms with Crippen LogP contribution in [0.4, 0.5) is 9.59 Å². The van der Waals surface area contributed by atoms with Crippen molar-refractivity contribution >= 4 is 12.3 Å². The van der Waals surface area contributed by atoms with Crippen LogP contribution in [0, 0.1) is 0 Å². The molecule has 0 amide bonds. The molecule has 1 saturated heterocycles. The predicted octanol–water partition coefficient (Wildman–Crippen LogP) is 0.376. The van der Waals surface area contributed by atoms with Gasteiger partial charge >= 0.3 is 12.3 Å². The van der Waals surface area contributed by atoms with Crippen LogP contribution in [0.1, 0.15) is 0 Å². The monoisotopic (exact) mass is 150 g/mol. The van der Waals surface area contributed by atoms with Crippen molar-refractivity contribution < 1.29 is 29.3 Å². The summed E-state index contributed by atoms with van der Waals surface area (Å²) < 4.78 is 8.58. The Labute approximate surface area is 56.0 Å². The van der Waals surface area contributed by atoms with E-state index >= 15 is 0 Å². The number of hydrogen-bond donors (Lipinski definition) is 2. The minimum Gasteiger partial charge on any atom is -0.450 e. The van der Waals surface area contributed by atoms with Gasteiger partial charge in [0.25, 0.3) is 0 Å². The quantitative estimate of drug-likeness (QED) is 0.484. The Bertz CT molecular complexity index is 118. The Morgan fingerprint density at radius 3 is 1.70 bits per heavy atom. The van der Waals surface area contributed by atoms with Crippen LogP contribution in [0.3, 0.4) is 0 Å². The Balaban J connectivity index is 0.000000180. The summed E-state index contributed by atoms with van der Waals surface area (Å²) in [7, 11) is 0. The molecule has 0 aromatic rings. The second kappa shape index (κ2) is 4.42. The van der Waals surface area contributed by atoms with Gasteiger partial charge in [-0.3, -0.25) is 0 Å². The normalized spacial score (nSPS) is 14.2. The maximum Gasteiger partial charge on any atom is 0.508 e. The molecule has 0 spiro atoms. The molecule has 1 rings (SSSR count). The number of carboxylic acid groups (broad SMARTS) is 2. The molecule has 6 heteroatoms. The largest absolute Gasteiger partial charge is 0.508 e. The average molecular weight is 150 g/mol. The highest BCUT2D eigenvalue weighted by atomic mass is 16.8. The zero-order valence-electron chi connectivity index (χ0n) is 4.94. The summed E-state index contributed by atoms with van der Waals surface area (Å²) in [6, 6.07) is 0. The summed E-state index contributed by atoms with van der Waals surface area (Å²) in [4.78, 5) is 18.4. The summed E-state index contributed by atoms with van der Waals surface area (Å²) in [5.41, 5.74) is 0. The molecule has 58 valence electrons. The first-order valence-corrected chi connectivity index (χ1v) is 2.34. The molecule has 0 atom stereocenters. The van der Waals surface area contributed by atoms with Crippen molar-refractivity contribution in [3.63, 3.8) is 0 Å². The van der Waals surface area contributed by atoms with Crippen LogP contribution < -0.4 is 0 Å². The molecule has 0 bridgehead atoms. The zero-order chi connectivity index (χ0) is 7.98. The van der Waals surface area contributed by atoms with Gasteiger partial charge in [-0.25, -0.2) is 9.59 Å². The third kappa shape index (κ3) is 6.54. The highest BCUT2D eigenvalue weighted by Gasteiger charge is 2.09. The van der Waals surface area contributed by atoms with Gasteiger partial charge < -0.3 is 19.7 Å². The first-order chi connectivity index (χ1) is 4.63. The molecule has 0 saturated carbocycles. The van der Waals surface area contributed by atoms with E-state index in [2.05, 4.69) is 9.47 Å². The van der Waals surface area contributed by atoms with E-state index in [4.69, 9.17) is 15.0 Å². The van der Waals surface area contributed by atoms with Crippen molar-refractivity contribution in [1.29, 1.82) is 0 Å². The molecule has 0 unspecified atom stereocenters. The lowest BCUT2D eigenvalue weighted by molar-refractivity contribution is 0.131. The number of rotatable bonds is 0. The van der Waals surface area contributed by atoms with Crippen LogP contribution in [0.15, 0.2) is 0 Å². The van der Waals surface area contributed by atoms with E-state index < -0.39 is 12.3 Å². The molecular formula is C4H6O6. The van der Waals surface area contributed by atoms with Crippen LogP contribution in [0.25, 0.3) is 0 Å². The van der Waals surface area contributed by atoms with Gasteiger partial charge in [-0.1, -0.05) is 0 Å². The van der Waals surface area contributed by atoms with Crippen molar-refractivity contribution in [2.75, 3.05) is 13.2 Å². The minimum atomic E-state index is -1.83. The summed E-state index contributed by atoms with van der Waals surface area (Å²) in [6.45, 7) is 0.831. The van der Waals surface area contributed by atoms with E-state index in [1.807, 2.05) is 0 Å². The summed E-state index contributed by atoms with van der Waals surface area (Å²) in [6.07, 6.45) is -2.38. The van der Waals surface area contributed by atoms with Gasteiger partial charge in [-0.15, -0.1) is 0 Å². The smallest absolute Gasteiger partial charge is 0.450 e. The van der Waals surface area contributed by atoms with Crippen LogP contribution in [0.2, 0.25) is 0 Å². The fourth-order valence-corrected chi connectivity index (χ4v) is 0.292. The van der Waals surface area contributed by atoms with Crippen molar-refractivity contribution in [3.8, 4) is 0 Å². The summed E-state index contributed by atoms with van der Waals surface area (Å²) in [5, 5.41) is 13.9. The predicted molar refractivity (Wildman–Crippen MR) is 28.0 cm³/mol. The third-order valence-corrected chi connectivity index (χ3v) is 0.523. The van der Waals surface area contributed by atoms with E-state index in [1.165, 1.54) is 0 Å². The Hall–Kier alpha value is -1.46. The number of carbonyl (C=O) groups excluding carboxylic acids is 1. The topological polar surface area (TPSA) is 93.1 Å². The third-order valence-electron chi connectivity index (χ3n) is 0.523. The van der Waals surface area contributed by atoms with E-state index in [0.717, 1.165) is 0 Å². The summed E-state index contributed by atoms with van der Waals surface area (Å²) >= 11 is 0. The molecule has 0 aromatic carbocycles. The van der Waals surface area contributed by atoms with Gasteiger partial charge in [0.05, 0.1) is 0 Å². The van der Waals surface area contributed by atoms with E-state index in [-0.39, 0.29) is 0 Å². The maximum atomic E-state index is 9.80. The van der Waals surface area contributed by atoms with Crippen molar-refractivity contribution in [1.82, 2.24) is 0 Å². The SMILES string of the molecule is O=C(O)O.O=C1OCCO1. The Morgan fingerprint density at radius 1 is 1.30 bits per heavy atom. The second-order valence-corrected chi connectivity index (χ2v) is 1.23. The van der Waals surface area contributed by atoms with Gasteiger partial charge in [0.2, 0.25) is 0 Å². The Kier molecular flexibility index (Phi) is 3.78. The molecule has 1 aliphatic rings. The Morgan fingerprint density at radius 2 is 1.60 bits per heavy atom. The number of ether oxygens (including phenoxy) is 2. The van der Waals surface area contributed by atoms with Crippen LogP contribution in [-0.4, -0.2) is 35.7 Å². The van der Waals surface area contributed by atoms with Crippen molar-refractivity contribution in [3.05, 3.63) is 0 Å². The molecule has 1 aliphatic heterocycles. The summed E-state index contributed by atoms with van der Waals surface area (Å²) in [5.74, 6) is 0. The van der Waals surface area contributed by atoms with E-state index in [9.17, 15) is 4.79 Å². The van der Waals surface area contributed by atoms with Crippen LogP contribution in [0.5, 0.6) is 0 Å². The first kappa shape index (κ1) is 8.54. The maximum absolute atomic E-state index is 9.80. The average Bonchev–Trinajstić information content (AvgIpc) is 2.15. The van der Waals surface area contributed by atoms with Gasteiger partial charge in [-0.2, -0.15) is 0 Å². The lowest BCUT2D eigenvalue weighted by Crippen LogP contribution is -1.88. The number of carbonyl (C=O) groups is 2. The number of hydrogen-bond acceptors (Lipinski definition) is 4. The second-order valence-electron chi connectivity index (χ2n) is 1.23. The standard InChI is InChI=1S/C3H4O3.CH2O3/c4-3-5-1-2-6-3;2-1(3)4/h1-2H2;(H2,2,3,4). The van der Waals surface area contributed by atoms with Gasteiger partial charge in [0, 0.05) is 0 Å². The van der Waals surface area contributed by atoms with Gasteiger partial charge in [0.1, 0.15) is 13.2 Å². The highest BCUT2D eigenvalue weighted by molar-refractivity contribution is 5.61. The minimum absolute atomic E-state index is 0.416. The molecule has 6 nitrogen and oxygen atoms in total. The molecule has 1 fully saturated rings. The first-order valence-electron chi connectivity index (χ1n) is 2.34. The van der Waals surface area contributed by atoms with Crippen molar-refractivity contribution in [2.45, 2.75) is 0 Å². The van der Waals surface area contributed by atoms with Crippen LogP contribution >= 0.6 is 0 Å². The molecule has 2 N–H and O–H groups in total. The molecule has 10 heavy (non-hydrogen) atoms. The molecule has 1 heterocycles. The van der Waals surface area contributed by atoms with E-state index in [1.54, 1.807) is 0 Å². The molecule has 0 aliphatic carbocycles. The molecule has 0 radical (unpaired) electrons.